The molecule has 2 aliphatic rings. The molecule has 15 nitrogen and oxygen atoms in total. The van der Waals surface area contributed by atoms with Crippen LogP contribution in [0, 0.1) is 13.8 Å². The van der Waals surface area contributed by atoms with Gasteiger partial charge >= 0.3 is 5.97 Å². The third-order valence-corrected chi connectivity index (χ3v) is 7.08. The van der Waals surface area contributed by atoms with E-state index >= 15 is 0 Å². The minimum atomic E-state index is -0.953. The highest BCUT2D eigenvalue weighted by molar-refractivity contribution is 5.96. The molecule has 1 amide bonds. The number of hydrogen-bond donors (Lipinski definition) is 2. The molecule has 2 aliphatic heterocycles. The van der Waals surface area contributed by atoms with Crippen molar-refractivity contribution in [3.63, 3.8) is 0 Å². The lowest BCUT2D eigenvalue weighted by atomic mass is 10.1. The van der Waals surface area contributed by atoms with E-state index in [-0.39, 0.29) is 11.5 Å². The van der Waals surface area contributed by atoms with E-state index in [4.69, 9.17) is 19.0 Å². The molecule has 0 radical (unpaired) electrons. The van der Waals surface area contributed by atoms with Gasteiger partial charge in [-0.05, 0) is 24.3 Å². The summed E-state index contributed by atoms with van der Waals surface area (Å²) in [7, 11) is 3.13. The Morgan fingerprint density at radius 3 is 1.60 bits per heavy atom. The van der Waals surface area contributed by atoms with E-state index < -0.39 is 5.97 Å². The van der Waals surface area contributed by atoms with Crippen LogP contribution in [0.1, 0.15) is 58.2 Å². The average Bonchev–Trinajstić information content (AvgIpc) is 3.74. The molecule has 2 saturated heterocycles. The van der Waals surface area contributed by atoms with Crippen LogP contribution < -0.4 is 5.32 Å². The molecule has 0 unspecified atom stereocenters. The standard InChI is InChI=1S/C16H18N4O3.C10H8N2O3.C6H12N2O/c1-11-17-15(19-23-11)12-3-5-13(6-4-12)16(21)20-9-7-14(8-10-20)18-22-2;1-6-11-9(12-15-6)7-2-4-8(5-3-7)10(13)14;1-9-8-6-2-4-7-5-3-6/h3-6H,7-10H2,1-2H3;2-5H,1H3,(H,13,14);7H,2-5H2,1H3. The second-order valence-corrected chi connectivity index (χ2v) is 10.5. The summed E-state index contributed by atoms with van der Waals surface area (Å²) in [5, 5.41) is 27.3. The minimum Gasteiger partial charge on any atom is -0.478 e. The third kappa shape index (κ3) is 10.3. The van der Waals surface area contributed by atoms with Gasteiger partial charge in [0.1, 0.15) is 14.2 Å². The number of benzene rings is 2. The van der Waals surface area contributed by atoms with E-state index in [1.54, 1.807) is 45.2 Å². The van der Waals surface area contributed by atoms with Crippen LogP contribution in [-0.2, 0) is 9.68 Å². The number of likely N-dealkylation sites (tertiary alicyclic amines) is 1. The Hall–Kier alpha value is -5.44. The number of carbonyl (C=O) groups is 2. The second-order valence-electron chi connectivity index (χ2n) is 10.5. The number of amides is 1. The average molecular weight is 647 g/mol. The Kier molecular flexibility index (Phi) is 12.7. The topological polar surface area (TPSA) is 191 Å². The third-order valence-electron chi connectivity index (χ3n) is 7.08. The minimum absolute atomic E-state index is 0.0253. The van der Waals surface area contributed by atoms with E-state index in [1.165, 1.54) is 25.0 Å². The van der Waals surface area contributed by atoms with Crippen LogP contribution in [0.3, 0.4) is 0 Å². The normalized spacial score (nSPS) is 14.2. The van der Waals surface area contributed by atoms with Gasteiger partial charge in [-0.3, -0.25) is 4.79 Å². The van der Waals surface area contributed by atoms with Gasteiger partial charge in [0, 0.05) is 82.4 Å². The van der Waals surface area contributed by atoms with Crippen LogP contribution in [0.4, 0.5) is 0 Å². The molecule has 2 aromatic carbocycles. The molecule has 4 aromatic rings. The maximum absolute atomic E-state index is 12.5. The van der Waals surface area contributed by atoms with Crippen LogP contribution in [0.25, 0.3) is 22.8 Å². The molecule has 6 rings (SSSR count). The lowest BCUT2D eigenvalue weighted by molar-refractivity contribution is 0.0695. The summed E-state index contributed by atoms with van der Waals surface area (Å²) in [6, 6.07) is 13.6. The van der Waals surface area contributed by atoms with Crippen molar-refractivity contribution >= 4 is 23.3 Å². The summed E-state index contributed by atoms with van der Waals surface area (Å²) in [4.78, 5) is 42.6. The highest BCUT2D eigenvalue weighted by atomic mass is 16.6. The number of aryl methyl sites for hydroxylation is 2. The molecule has 0 atom stereocenters. The molecule has 0 spiro atoms. The van der Waals surface area contributed by atoms with Crippen molar-refractivity contribution in [2.75, 3.05) is 40.4 Å². The zero-order valence-electron chi connectivity index (χ0n) is 26.8. The predicted molar refractivity (Wildman–Crippen MR) is 172 cm³/mol. The van der Waals surface area contributed by atoms with Gasteiger partial charge in [-0.2, -0.15) is 9.97 Å². The van der Waals surface area contributed by atoms with Crippen molar-refractivity contribution in [1.29, 1.82) is 0 Å². The fraction of sp³-hybridized carbons (Fsp3) is 0.375. The van der Waals surface area contributed by atoms with Crippen molar-refractivity contribution in [3.8, 4) is 22.8 Å². The first-order chi connectivity index (χ1) is 22.8. The molecule has 2 N–H and O–H groups in total. The Bertz CT molecular complexity index is 1650. The summed E-state index contributed by atoms with van der Waals surface area (Å²) < 4.78 is 9.78. The molecule has 15 heteroatoms. The van der Waals surface area contributed by atoms with Gasteiger partial charge in [-0.25, -0.2) is 4.79 Å². The number of aromatic nitrogens is 4. The number of carbonyl (C=O) groups excluding carboxylic acids is 1. The lowest BCUT2D eigenvalue weighted by Crippen LogP contribution is -2.38. The van der Waals surface area contributed by atoms with Crippen molar-refractivity contribution < 1.29 is 33.4 Å². The van der Waals surface area contributed by atoms with E-state index in [2.05, 4.69) is 40.7 Å². The summed E-state index contributed by atoms with van der Waals surface area (Å²) >= 11 is 0. The van der Waals surface area contributed by atoms with Crippen molar-refractivity contribution in [2.45, 2.75) is 39.5 Å². The number of nitrogens with one attached hydrogen (secondary N) is 1. The van der Waals surface area contributed by atoms with Crippen molar-refractivity contribution in [3.05, 3.63) is 71.4 Å². The Labute approximate surface area is 271 Å². The van der Waals surface area contributed by atoms with Gasteiger partial charge in [0.15, 0.2) is 0 Å². The van der Waals surface area contributed by atoms with Gasteiger partial charge in [-0.15, -0.1) is 0 Å². The molecule has 4 heterocycles. The first kappa shape index (κ1) is 34.4. The molecule has 0 bridgehead atoms. The Balaban J connectivity index is 0.000000178. The quantitative estimate of drug-likeness (QED) is 0.281. The van der Waals surface area contributed by atoms with Crippen molar-refractivity contribution in [2.24, 2.45) is 10.3 Å². The smallest absolute Gasteiger partial charge is 0.335 e. The number of rotatable bonds is 6. The summed E-state index contributed by atoms with van der Waals surface area (Å²) in [6.07, 6.45) is 3.57. The van der Waals surface area contributed by atoms with E-state index in [9.17, 15) is 9.59 Å². The fourth-order valence-corrected chi connectivity index (χ4v) is 4.66. The molecule has 248 valence electrons. The number of aromatic carboxylic acids is 1. The van der Waals surface area contributed by atoms with Gasteiger partial charge in [-0.1, -0.05) is 44.9 Å². The molecular weight excluding hydrogens is 608 g/mol. The largest absolute Gasteiger partial charge is 0.478 e. The van der Waals surface area contributed by atoms with Crippen molar-refractivity contribution in [1.82, 2.24) is 30.5 Å². The molecule has 47 heavy (non-hydrogen) atoms. The Morgan fingerprint density at radius 1 is 0.745 bits per heavy atom. The Morgan fingerprint density at radius 2 is 1.19 bits per heavy atom. The molecule has 2 aromatic heterocycles. The molecule has 0 saturated carbocycles. The first-order valence-electron chi connectivity index (χ1n) is 15.0. The monoisotopic (exact) mass is 646 g/mol. The van der Waals surface area contributed by atoms with Gasteiger partial charge in [0.25, 0.3) is 5.91 Å². The molecule has 0 aliphatic carbocycles. The lowest BCUT2D eigenvalue weighted by Gasteiger charge is -2.27. The number of nitrogens with zero attached hydrogens (tertiary/aromatic N) is 7. The van der Waals surface area contributed by atoms with Crippen LogP contribution in [0.5, 0.6) is 0 Å². The van der Waals surface area contributed by atoms with Crippen LogP contribution in [0.2, 0.25) is 0 Å². The van der Waals surface area contributed by atoms with Crippen LogP contribution >= 0.6 is 0 Å². The maximum atomic E-state index is 12.5. The summed E-state index contributed by atoms with van der Waals surface area (Å²) in [6.45, 7) is 6.85. The maximum Gasteiger partial charge on any atom is 0.335 e. The fourth-order valence-electron chi connectivity index (χ4n) is 4.66. The van der Waals surface area contributed by atoms with Gasteiger partial charge in [0.05, 0.1) is 17.0 Å². The van der Waals surface area contributed by atoms with E-state index in [1.807, 2.05) is 17.0 Å². The number of hydrogen-bond acceptors (Lipinski definition) is 13. The van der Waals surface area contributed by atoms with Crippen LogP contribution in [0.15, 0.2) is 67.9 Å². The van der Waals surface area contributed by atoms with E-state index in [0.717, 1.165) is 55.6 Å². The predicted octanol–water partition coefficient (Wildman–Crippen LogP) is 4.40. The number of carboxylic acid groups (broad SMARTS) is 1. The number of piperidine rings is 2. The zero-order valence-corrected chi connectivity index (χ0v) is 26.8. The SMILES string of the molecule is CON=C1CCN(C(=O)c2ccc(-c3noc(C)n3)cc2)CC1.CON=C1CCNCC1.Cc1nc(-c2ccc(C(=O)O)cc2)no1. The highest BCUT2D eigenvalue weighted by Crippen LogP contribution is 2.19. The van der Waals surface area contributed by atoms with Gasteiger partial charge in [0.2, 0.25) is 23.4 Å². The van der Waals surface area contributed by atoms with Crippen LogP contribution in [-0.4, -0.2) is 94.0 Å². The van der Waals surface area contributed by atoms with Gasteiger partial charge < -0.3 is 34.0 Å². The first-order valence-corrected chi connectivity index (χ1v) is 15.0. The second kappa shape index (κ2) is 17.3. The highest BCUT2D eigenvalue weighted by Gasteiger charge is 2.21. The number of carboxylic acids is 1. The molecular formula is C32H38N8O7. The summed E-state index contributed by atoms with van der Waals surface area (Å²) in [5.41, 5.74) is 4.62. The zero-order chi connectivity index (χ0) is 33.6. The molecule has 2 fully saturated rings. The van der Waals surface area contributed by atoms with E-state index in [0.29, 0.717) is 42.1 Å². The number of oxime groups is 2. The summed E-state index contributed by atoms with van der Waals surface area (Å²) in [5.74, 6) is 1.06.